The molecule has 2 fully saturated rings. The van der Waals surface area contributed by atoms with Gasteiger partial charge in [-0.15, -0.1) is 0 Å². The summed E-state index contributed by atoms with van der Waals surface area (Å²) in [5.74, 6) is 1.55. The number of carbonyl (C=O) groups is 1. The Morgan fingerprint density at radius 2 is 2.16 bits per heavy atom. The van der Waals surface area contributed by atoms with Gasteiger partial charge in [0, 0.05) is 42.6 Å². The maximum Gasteiger partial charge on any atom is 0.407 e. The van der Waals surface area contributed by atoms with Gasteiger partial charge in [-0.1, -0.05) is 0 Å². The zero-order valence-electron chi connectivity index (χ0n) is 21.3. The molecule has 1 unspecified atom stereocenters. The number of amides is 1. The Bertz CT molecular complexity index is 1280. The number of nitriles is 1. The highest BCUT2D eigenvalue weighted by molar-refractivity contribution is 5.85. The Kier molecular flexibility index (Phi) is 7.15. The van der Waals surface area contributed by atoms with Crippen molar-refractivity contribution in [1.29, 1.82) is 5.26 Å². The highest BCUT2D eigenvalue weighted by atomic mass is 16.6. The zero-order chi connectivity index (χ0) is 25.8. The lowest BCUT2D eigenvalue weighted by Crippen LogP contribution is -2.54. The van der Waals surface area contributed by atoms with Crippen molar-refractivity contribution < 1.29 is 19.0 Å². The molecule has 5 rings (SSSR count). The molecular formula is C27H32N6O4. The summed E-state index contributed by atoms with van der Waals surface area (Å²) in [6.45, 7) is 7.26. The molecule has 0 bridgehead atoms. The Hall–Kier alpha value is -3.84. The number of nitrogens with one attached hydrogen (secondary N) is 1. The van der Waals surface area contributed by atoms with Gasteiger partial charge in [0.05, 0.1) is 36.7 Å². The first-order valence-corrected chi connectivity index (χ1v) is 12.8. The summed E-state index contributed by atoms with van der Waals surface area (Å²) in [5.41, 5.74) is 2.62. The van der Waals surface area contributed by atoms with E-state index in [4.69, 9.17) is 19.2 Å². The Morgan fingerprint density at radius 3 is 2.84 bits per heavy atom. The van der Waals surface area contributed by atoms with Crippen LogP contribution in [0.15, 0.2) is 36.8 Å². The van der Waals surface area contributed by atoms with Crippen LogP contribution in [0.5, 0.6) is 5.75 Å². The van der Waals surface area contributed by atoms with E-state index < -0.39 is 0 Å². The quantitative estimate of drug-likeness (QED) is 0.537. The smallest absolute Gasteiger partial charge is 0.407 e. The van der Waals surface area contributed by atoms with E-state index in [1.165, 1.54) is 0 Å². The van der Waals surface area contributed by atoms with Crippen molar-refractivity contribution in [3.63, 3.8) is 0 Å². The molecular weight excluding hydrogens is 472 g/mol. The fourth-order valence-corrected chi connectivity index (χ4v) is 4.96. The molecule has 0 radical (unpaired) electrons. The molecule has 1 amide bonds. The second-order valence-electron chi connectivity index (χ2n) is 9.81. The molecule has 0 saturated carbocycles. The predicted octanol–water partition coefficient (Wildman–Crippen LogP) is 3.93. The van der Waals surface area contributed by atoms with Gasteiger partial charge in [0.2, 0.25) is 0 Å². The summed E-state index contributed by atoms with van der Waals surface area (Å²) in [5, 5.41) is 17.0. The Labute approximate surface area is 216 Å². The second-order valence-corrected chi connectivity index (χ2v) is 9.81. The summed E-state index contributed by atoms with van der Waals surface area (Å²) in [4.78, 5) is 19.4. The van der Waals surface area contributed by atoms with Crippen LogP contribution in [-0.2, 0) is 9.47 Å². The number of hydrogen-bond acceptors (Lipinski definition) is 8. The fourth-order valence-electron chi connectivity index (χ4n) is 4.96. The molecule has 5 heterocycles. The third-order valence-corrected chi connectivity index (χ3v) is 7.06. The third kappa shape index (κ3) is 5.47. The van der Waals surface area contributed by atoms with Gasteiger partial charge in [-0.3, -0.25) is 0 Å². The molecule has 37 heavy (non-hydrogen) atoms. The van der Waals surface area contributed by atoms with Crippen molar-refractivity contribution in [2.75, 3.05) is 37.8 Å². The number of rotatable bonds is 6. The summed E-state index contributed by atoms with van der Waals surface area (Å²) < 4.78 is 18.3. The molecule has 2 aliphatic rings. The van der Waals surface area contributed by atoms with Crippen LogP contribution in [0.1, 0.15) is 45.1 Å². The third-order valence-electron chi connectivity index (χ3n) is 7.06. The van der Waals surface area contributed by atoms with Crippen molar-refractivity contribution in [1.82, 2.24) is 19.9 Å². The van der Waals surface area contributed by atoms with Crippen molar-refractivity contribution in [2.45, 2.75) is 51.2 Å². The average molecular weight is 505 g/mol. The number of anilines is 1. The SMILES string of the molecule is CCOc1cc(-c2ccc(N3CCC(C)(NC(=O)OC4CCCOC4)CC3)nc2)c2c(C#N)cnn2c1. The number of pyridine rings is 2. The van der Waals surface area contributed by atoms with E-state index in [0.717, 1.165) is 67.8 Å². The van der Waals surface area contributed by atoms with Gasteiger partial charge >= 0.3 is 6.09 Å². The van der Waals surface area contributed by atoms with Gasteiger partial charge in [0.1, 0.15) is 23.7 Å². The predicted molar refractivity (Wildman–Crippen MR) is 138 cm³/mol. The van der Waals surface area contributed by atoms with Crippen molar-refractivity contribution in [3.05, 3.63) is 42.4 Å². The van der Waals surface area contributed by atoms with E-state index in [0.29, 0.717) is 24.5 Å². The van der Waals surface area contributed by atoms with E-state index >= 15 is 0 Å². The molecule has 2 aliphatic heterocycles. The lowest BCUT2D eigenvalue weighted by atomic mass is 9.90. The first-order valence-electron chi connectivity index (χ1n) is 12.8. The number of piperidine rings is 1. The topological polar surface area (TPSA) is 114 Å². The fraction of sp³-hybridized carbons (Fsp3) is 0.481. The van der Waals surface area contributed by atoms with Gasteiger partial charge in [0.15, 0.2) is 0 Å². The number of ether oxygens (including phenoxy) is 3. The number of alkyl carbamates (subject to hydrolysis) is 1. The summed E-state index contributed by atoms with van der Waals surface area (Å²) in [6, 6.07) is 8.15. The van der Waals surface area contributed by atoms with Crippen LogP contribution in [0.4, 0.5) is 10.6 Å². The van der Waals surface area contributed by atoms with Gasteiger partial charge in [-0.2, -0.15) is 10.4 Å². The molecule has 2 saturated heterocycles. The maximum atomic E-state index is 12.4. The van der Waals surface area contributed by atoms with E-state index in [9.17, 15) is 10.1 Å². The van der Waals surface area contributed by atoms with Gasteiger partial charge < -0.3 is 24.4 Å². The van der Waals surface area contributed by atoms with Crippen LogP contribution in [0, 0.1) is 11.3 Å². The highest BCUT2D eigenvalue weighted by Gasteiger charge is 2.33. The second kappa shape index (κ2) is 10.6. The highest BCUT2D eigenvalue weighted by Crippen LogP contribution is 2.32. The number of carbonyl (C=O) groups excluding carboxylic acids is 1. The van der Waals surface area contributed by atoms with Crippen LogP contribution >= 0.6 is 0 Å². The largest absolute Gasteiger partial charge is 0.492 e. The van der Waals surface area contributed by atoms with E-state index in [1.807, 2.05) is 31.3 Å². The Morgan fingerprint density at radius 1 is 1.32 bits per heavy atom. The molecule has 1 N–H and O–H groups in total. The van der Waals surface area contributed by atoms with E-state index in [-0.39, 0.29) is 17.7 Å². The molecule has 0 spiro atoms. The summed E-state index contributed by atoms with van der Waals surface area (Å²) in [7, 11) is 0. The van der Waals surface area contributed by atoms with Crippen LogP contribution in [0.2, 0.25) is 0 Å². The first kappa shape index (κ1) is 24.8. The monoisotopic (exact) mass is 504 g/mol. The van der Waals surface area contributed by atoms with Crippen LogP contribution in [0.25, 0.3) is 16.6 Å². The van der Waals surface area contributed by atoms with Crippen molar-refractivity contribution in [2.24, 2.45) is 0 Å². The molecule has 1 atom stereocenters. The molecule has 0 aliphatic carbocycles. The van der Waals surface area contributed by atoms with Gasteiger partial charge in [0.25, 0.3) is 0 Å². The molecule has 10 heteroatoms. The standard InChI is InChI=1S/C27H32N6O4/c1-3-36-22-13-23(25-20(14-28)16-30-33(25)17-22)19-6-7-24(29-15-19)32-10-8-27(2,9-11-32)31-26(34)37-21-5-4-12-35-18-21/h6-7,13,15-17,21H,3-5,8-12,18H2,1-2H3,(H,31,34). The lowest BCUT2D eigenvalue weighted by Gasteiger charge is -2.40. The summed E-state index contributed by atoms with van der Waals surface area (Å²) in [6.07, 6.45) is 7.96. The molecule has 10 nitrogen and oxygen atoms in total. The van der Waals surface area contributed by atoms with Crippen LogP contribution in [0.3, 0.4) is 0 Å². The molecule has 3 aromatic rings. The van der Waals surface area contributed by atoms with Crippen LogP contribution in [-0.4, -0.2) is 65.2 Å². The first-order chi connectivity index (χ1) is 18.0. The normalized spacial score (nSPS) is 19.3. The van der Waals surface area contributed by atoms with Crippen molar-refractivity contribution in [3.8, 4) is 22.9 Å². The number of nitrogens with zero attached hydrogens (tertiary/aromatic N) is 5. The van der Waals surface area contributed by atoms with Crippen molar-refractivity contribution >= 4 is 17.4 Å². The molecule has 194 valence electrons. The van der Waals surface area contributed by atoms with Gasteiger partial charge in [-0.05, 0) is 57.7 Å². The Balaban J connectivity index is 1.26. The molecule has 3 aromatic heterocycles. The molecule has 0 aromatic carbocycles. The number of fused-ring (bicyclic) bond motifs is 1. The van der Waals surface area contributed by atoms with E-state index in [1.54, 1.807) is 16.9 Å². The number of aromatic nitrogens is 3. The minimum Gasteiger partial charge on any atom is -0.492 e. The average Bonchev–Trinajstić information content (AvgIpc) is 3.32. The maximum absolute atomic E-state index is 12.4. The summed E-state index contributed by atoms with van der Waals surface area (Å²) >= 11 is 0. The van der Waals surface area contributed by atoms with Gasteiger partial charge in [-0.25, -0.2) is 14.3 Å². The van der Waals surface area contributed by atoms with Crippen LogP contribution < -0.4 is 15.0 Å². The van der Waals surface area contributed by atoms with E-state index in [2.05, 4.69) is 28.3 Å². The zero-order valence-corrected chi connectivity index (χ0v) is 21.3. The number of hydrogen-bond donors (Lipinski definition) is 1. The minimum absolute atomic E-state index is 0.164. The minimum atomic E-state index is -0.369. The lowest BCUT2D eigenvalue weighted by molar-refractivity contribution is -0.0188.